The summed E-state index contributed by atoms with van der Waals surface area (Å²) < 4.78 is 16.2. The lowest BCUT2D eigenvalue weighted by atomic mass is 10.2. The third kappa shape index (κ3) is 3.62. The second-order valence-electron chi connectivity index (χ2n) is 3.86. The molecule has 1 heterocycles. The smallest absolute Gasteiger partial charge is 0.163 e. The zero-order valence-electron chi connectivity index (χ0n) is 10.9. The van der Waals surface area contributed by atoms with E-state index in [4.69, 9.17) is 37.4 Å². The molecule has 0 aliphatic carbocycles. The molecule has 0 atom stereocenters. The number of rotatable bonds is 7. The number of nitrogens with zero attached hydrogens (tertiary/aromatic N) is 2. The van der Waals surface area contributed by atoms with E-state index in [0.29, 0.717) is 53.3 Å². The third-order valence-corrected chi connectivity index (χ3v) is 2.99. The van der Waals surface area contributed by atoms with Crippen molar-refractivity contribution in [1.82, 2.24) is 9.97 Å². The molecule has 0 aliphatic heterocycles. The summed E-state index contributed by atoms with van der Waals surface area (Å²) in [4.78, 5) is 8.11. The molecule has 1 aromatic carbocycles. The van der Waals surface area contributed by atoms with Gasteiger partial charge in [-0.1, -0.05) is 11.6 Å². The molecule has 0 saturated carbocycles. The summed E-state index contributed by atoms with van der Waals surface area (Å²) in [5, 5.41) is 1.08. The third-order valence-electron chi connectivity index (χ3n) is 2.53. The normalized spacial score (nSPS) is 10.8. The van der Waals surface area contributed by atoms with E-state index in [-0.39, 0.29) is 0 Å². The lowest BCUT2D eigenvalue weighted by Gasteiger charge is -2.13. The summed E-state index contributed by atoms with van der Waals surface area (Å²) in [6.45, 7) is 1.27. The number of hydrogen-bond acceptors (Lipinski definition) is 5. The van der Waals surface area contributed by atoms with Gasteiger partial charge in [-0.2, -0.15) is 0 Å². The number of hydrogen-bond donors (Lipinski definition) is 0. The molecule has 0 saturated heterocycles. The van der Waals surface area contributed by atoms with Crippen LogP contribution in [0.5, 0.6) is 11.5 Å². The van der Waals surface area contributed by atoms with Gasteiger partial charge in [-0.3, -0.25) is 0 Å². The lowest BCUT2D eigenvalue weighted by molar-refractivity contribution is 0.143. The molecular formula is C13H14Cl2N2O3. The van der Waals surface area contributed by atoms with Crippen molar-refractivity contribution in [2.24, 2.45) is 0 Å². The van der Waals surface area contributed by atoms with Crippen molar-refractivity contribution in [3.8, 4) is 11.5 Å². The van der Waals surface area contributed by atoms with Crippen LogP contribution in [-0.4, -0.2) is 42.8 Å². The van der Waals surface area contributed by atoms with Crippen LogP contribution in [0.25, 0.3) is 10.9 Å². The number of alkyl halides is 1. The minimum Gasteiger partial charge on any atom is -0.488 e. The Morgan fingerprint density at radius 2 is 1.80 bits per heavy atom. The number of ether oxygens (including phenoxy) is 3. The van der Waals surface area contributed by atoms with Crippen molar-refractivity contribution in [1.29, 1.82) is 0 Å². The summed E-state index contributed by atoms with van der Waals surface area (Å²) >= 11 is 11.7. The Balaban J connectivity index is 2.35. The van der Waals surface area contributed by atoms with Gasteiger partial charge in [0.05, 0.1) is 18.0 Å². The molecule has 1 aromatic heterocycles. The second kappa shape index (κ2) is 7.47. The van der Waals surface area contributed by atoms with Crippen LogP contribution in [0.3, 0.4) is 0 Å². The number of benzene rings is 1. The van der Waals surface area contributed by atoms with Gasteiger partial charge in [0, 0.05) is 18.6 Å². The molecule has 0 N–H and O–H groups in total. The predicted molar refractivity (Wildman–Crippen MR) is 78.1 cm³/mol. The molecule has 0 bridgehead atoms. The molecule has 20 heavy (non-hydrogen) atoms. The number of fused-ring (bicyclic) bond motifs is 1. The average molecular weight is 317 g/mol. The predicted octanol–water partition coefficient (Wildman–Crippen LogP) is 2.93. The number of methoxy groups -OCH3 is 1. The van der Waals surface area contributed by atoms with Gasteiger partial charge < -0.3 is 14.2 Å². The van der Waals surface area contributed by atoms with Gasteiger partial charge >= 0.3 is 0 Å². The largest absolute Gasteiger partial charge is 0.488 e. The summed E-state index contributed by atoms with van der Waals surface area (Å²) in [6.07, 6.45) is 1.41. The summed E-state index contributed by atoms with van der Waals surface area (Å²) in [5.41, 5.74) is 0.690. The van der Waals surface area contributed by atoms with Crippen LogP contribution in [0.4, 0.5) is 0 Å². The van der Waals surface area contributed by atoms with Crippen LogP contribution in [0.2, 0.25) is 5.15 Å². The van der Waals surface area contributed by atoms with Crippen LogP contribution >= 0.6 is 23.2 Å². The molecule has 0 radical (unpaired) electrons. The zero-order chi connectivity index (χ0) is 14.4. The van der Waals surface area contributed by atoms with Crippen LogP contribution in [0, 0.1) is 0 Å². The molecule has 5 nitrogen and oxygen atoms in total. The maximum absolute atomic E-state index is 6.05. The van der Waals surface area contributed by atoms with Gasteiger partial charge in [-0.25, -0.2) is 9.97 Å². The quantitative estimate of drug-likeness (QED) is 0.446. The first-order chi connectivity index (χ1) is 9.76. The highest BCUT2D eigenvalue weighted by Crippen LogP contribution is 2.34. The van der Waals surface area contributed by atoms with Gasteiger partial charge in [-0.15, -0.1) is 11.6 Å². The molecular weight excluding hydrogens is 303 g/mol. The Morgan fingerprint density at radius 1 is 1.05 bits per heavy atom. The van der Waals surface area contributed by atoms with Gasteiger partial charge in [0.15, 0.2) is 11.5 Å². The van der Waals surface area contributed by atoms with Gasteiger partial charge in [-0.05, 0) is 6.07 Å². The SMILES string of the molecule is COCCOc1cc2ncnc(Cl)c2cc1OCCCl. The van der Waals surface area contributed by atoms with Crippen molar-refractivity contribution in [2.75, 3.05) is 32.8 Å². The van der Waals surface area contributed by atoms with Gasteiger partial charge in [0.25, 0.3) is 0 Å². The molecule has 0 fully saturated rings. The van der Waals surface area contributed by atoms with E-state index in [1.807, 2.05) is 0 Å². The molecule has 0 spiro atoms. The Hall–Kier alpha value is -1.30. The van der Waals surface area contributed by atoms with E-state index in [1.54, 1.807) is 19.2 Å². The summed E-state index contributed by atoms with van der Waals surface area (Å²) in [7, 11) is 1.61. The fraction of sp³-hybridized carbons (Fsp3) is 0.385. The first-order valence-corrected chi connectivity index (χ1v) is 6.92. The van der Waals surface area contributed by atoms with Crippen molar-refractivity contribution in [3.63, 3.8) is 0 Å². The summed E-state index contributed by atoms with van der Waals surface area (Å²) in [5.74, 6) is 1.52. The topological polar surface area (TPSA) is 53.5 Å². The van der Waals surface area contributed by atoms with Crippen LogP contribution < -0.4 is 9.47 Å². The van der Waals surface area contributed by atoms with E-state index in [1.165, 1.54) is 6.33 Å². The molecule has 0 amide bonds. The van der Waals surface area contributed by atoms with Crippen molar-refractivity contribution >= 4 is 34.1 Å². The van der Waals surface area contributed by atoms with E-state index in [2.05, 4.69) is 9.97 Å². The first kappa shape index (κ1) is 15.1. The summed E-state index contributed by atoms with van der Waals surface area (Å²) in [6, 6.07) is 3.52. The molecule has 0 aliphatic rings. The minimum absolute atomic E-state index is 0.370. The fourth-order valence-corrected chi connectivity index (χ4v) is 1.91. The molecule has 108 valence electrons. The maximum Gasteiger partial charge on any atom is 0.163 e. The highest BCUT2D eigenvalue weighted by Gasteiger charge is 2.11. The monoisotopic (exact) mass is 316 g/mol. The Kier molecular flexibility index (Phi) is 5.64. The zero-order valence-corrected chi connectivity index (χ0v) is 12.4. The number of halogens is 2. The second-order valence-corrected chi connectivity index (χ2v) is 4.60. The van der Waals surface area contributed by atoms with E-state index in [0.717, 1.165) is 0 Å². The highest BCUT2D eigenvalue weighted by molar-refractivity contribution is 6.34. The Bertz CT molecular complexity index is 581. The van der Waals surface area contributed by atoms with E-state index < -0.39 is 0 Å². The van der Waals surface area contributed by atoms with Crippen LogP contribution in [0.15, 0.2) is 18.5 Å². The standard InChI is InChI=1S/C13H14Cl2N2O3/c1-18-4-5-20-12-7-10-9(13(15)17-8-16-10)6-11(12)19-3-2-14/h6-8H,2-5H2,1H3. The molecule has 7 heteroatoms. The first-order valence-electron chi connectivity index (χ1n) is 6.01. The van der Waals surface area contributed by atoms with E-state index in [9.17, 15) is 0 Å². The van der Waals surface area contributed by atoms with E-state index >= 15 is 0 Å². The molecule has 2 aromatic rings. The van der Waals surface area contributed by atoms with Crippen molar-refractivity contribution in [3.05, 3.63) is 23.6 Å². The average Bonchev–Trinajstić information content (AvgIpc) is 2.46. The van der Waals surface area contributed by atoms with Crippen LogP contribution in [-0.2, 0) is 4.74 Å². The van der Waals surface area contributed by atoms with Crippen LogP contribution in [0.1, 0.15) is 0 Å². The van der Waals surface area contributed by atoms with Crippen molar-refractivity contribution < 1.29 is 14.2 Å². The molecule has 0 unspecified atom stereocenters. The fourth-order valence-electron chi connectivity index (χ4n) is 1.64. The van der Waals surface area contributed by atoms with Gasteiger partial charge in [0.2, 0.25) is 0 Å². The Labute approximate surface area is 126 Å². The van der Waals surface area contributed by atoms with Crippen molar-refractivity contribution in [2.45, 2.75) is 0 Å². The molecule has 2 rings (SSSR count). The maximum atomic E-state index is 6.05. The Morgan fingerprint density at radius 3 is 2.55 bits per heavy atom. The lowest BCUT2D eigenvalue weighted by Crippen LogP contribution is -2.07. The number of aromatic nitrogens is 2. The minimum atomic E-state index is 0.370. The van der Waals surface area contributed by atoms with Gasteiger partial charge in [0.1, 0.15) is 24.7 Å². The highest BCUT2D eigenvalue weighted by atomic mass is 35.5.